The Morgan fingerprint density at radius 2 is 2.09 bits per heavy atom. The van der Waals surface area contributed by atoms with Gasteiger partial charge < -0.3 is 9.47 Å². The molecule has 116 valence electrons. The van der Waals surface area contributed by atoms with Crippen molar-refractivity contribution in [3.05, 3.63) is 69.6 Å². The molecule has 1 heterocycles. The molecule has 0 aliphatic carbocycles. The van der Waals surface area contributed by atoms with Gasteiger partial charge in [0.2, 0.25) is 5.90 Å². The standard InChI is InChI=1S/C17H11BrFNO3/c1-22-13-4-2-3-10(8-13)16-20-15(17(21)23-16)9-11-7-12(18)5-6-14(11)19/h2-9H,1H3/b15-9-. The van der Waals surface area contributed by atoms with E-state index in [9.17, 15) is 9.18 Å². The fourth-order valence-electron chi connectivity index (χ4n) is 2.06. The summed E-state index contributed by atoms with van der Waals surface area (Å²) in [5, 5.41) is 0. The first-order chi connectivity index (χ1) is 11.1. The van der Waals surface area contributed by atoms with Crippen molar-refractivity contribution >= 4 is 33.9 Å². The minimum atomic E-state index is -0.623. The number of carbonyl (C=O) groups is 1. The molecular weight excluding hydrogens is 365 g/mol. The number of carbonyl (C=O) groups excluding carboxylic acids is 1. The van der Waals surface area contributed by atoms with Crippen LogP contribution in [0.3, 0.4) is 0 Å². The molecule has 4 nitrogen and oxygen atoms in total. The molecule has 0 aromatic heterocycles. The van der Waals surface area contributed by atoms with Crippen molar-refractivity contribution in [3.8, 4) is 5.75 Å². The van der Waals surface area contributed by atoms with Gasteiger partial charge in [0.1, 0.15) is 11.6 Å². The summed E-state index contributed by atoms with van der Waals surface area (Å²) in [4.78, 5) is 16.1. The second kappa shape index (κ2) is 6.34. The van der Waals surface area contributed by atoms with E-state index in [-0.39, 0.29) is 17.2 Å². The van der Waals surface area contributed by atoms with Gasteiger partial charge in [-0.1, -0.05) is 22.0 Å². The van der Waals surface area contributed by atoms with Crippen LogP contribution in [-0.4, -0.2) is 19.0 Å². The fraction of sp³-hybridized carbons (Fsp3) is 0.0588. The van der Waals surface area contributed by atoms with Crippen LogP contribution < -0.4 is 4.74 Å². The Morgan fingerprint density at radius 3 is 2.87 bits per heavy atom. The third-order valence-corrected chi connectivity index (χ3v) is 3.68. The molecule has 2 aromatic carbocycles. The fourth-order valence-corrected chi connectivity index (χ4v) is 2.44. The Morgan fingerprint density at radius 1 is 1.26 bits per heavy atom. The maximum absolute atomic E-state index is 13.8. The summed E-state index contributed by atoms with van der Waals surface area (Å²) in [7, 11) is 1.54. The highest BCUT2D eigenvalue weighted by molar-refractivity contribution is 9.10. The zero-order valence-corrected chi connectivity index (χ0v) is 13.6. The number of cyclic esters (lactones) is 1. The first-order valence-corrected chi connectivity index (χ1v) is 7.48. The predicted molar refractivity (Wildman–Crippen MR) is 87.7 cm³/mol. The van der Waals surface area contributed by atoms with Crippen LogP contribution in [0.5, 0.6) is 5.75 Å². The zero-order chi connectivity index (χ0) is 16.4. The highest BCUT2D eigenvalue weighted by Crippen LogP contribution is 2.23. The van der Waals surface area contributed by atoms with Crippen LogP contribution >= 0.6 is 15.9 Å². The molecule has 0 bridgehead atoms. The molecule has 0 fully saturated rings. The number of rotatable bonds is 3. The van der Waals surface area contributed by atoms with E-state index < -0.39 is 11.8 Å². The van der Waals surface area contributed by atoms with Gasteiger partial charge in [-0.3, -0.25) is 0 Å². The minimum absolute atomic E-state index is 0.0415. The van der Waals surface area contributed by atoms with Gasteiger partial charge in [-0.25, -0.2) is 14.2 Å². The van der Waals surface area contributed by atoms with Gasteiger partial charge in [-0.2, -0.15) is 0 Å². The number of ether oxygens (including phenoxy) is 2. The van der Waals surface area contributed by atoms with E-state index in [2.05, 4.69) is 20.9 Å². The third kappa shape index (κ3) is 3.32. The van der Waals surface area contributed by atoms with Gasteiger partial charge in [0.25, 0.3) is 0 Å². The van der Waals surface area contributed by atoms with Gasteiger partial charge in [0.05, 0.1) is 7.11 Å². The van der Waals surface area contributed by atoms with E-state index in [4.69, 9.17) is 9.47 Å². The lowest BCUT2D eigenvalue weighted by molar-refractivity contribution is -0.129. The Kier molecular flexibility index (Phi) is 4.25. The molecule has 2 aromatic rings. The van der Waals surface area contributed by atoms with E-state index in [1.165, 1.54) is 12.1 Å². The molecule has 1 aliphatic heterocycles. The molecule has 0 saturated carbocycles. The van der Waals surface area contributed by atoms with Crippen LogP contribution in [0.4, 0.5) is 4.39 Å². The first-order valence-electron chi connectivity index (χ1n) is 6.69. The number of hydrogen-bond donors (Lipinski definition) is 0. The van der Waals surface area contributed by atoms with Crippen LogP contribution in [-0.2, 0) is 9.53 Å². The van der Waals surface area contributed by atoms with Crippen molar-refractivity contribution in [2.45, 2.75) is 0 Å². The maximum Gasteiger partial charge on any atom is 0.363 e. The second-order valence-electron chi connectivity index (χ2n) is 4.73. The molecule has 0 unspecified atom stereocenters. The number of nitrogens with zero attached hydrogens (tertiary/aromatic N) is 1. The van der Waals surface area contributed by atoms with Gasteiger partial charge in [-0.15, -0.1) is 0 Å². The molecule has 0 amide bonds. The average Bonchev–Trinajstić information content (AvgIpc) is 2.92. The largest absolute Gasteiger partial charge is 0.497 e. The monoisotopic (exact) mass is 375 g/mol. The lowest BCUT2D eigenvalue weighted by Crippen LogP contribution is -2.05. The van der Waals surface area contributed by atoms with Gasteiger partial charge in [0, 0.05) is 15.6 Å². The van der Waals surface area contributed by atoms with E-state index in [0.717, 1.165) is 0 Å². The van der Waals surface area contributed by atoms with Crippen LogP contribution in [0, 0.1) is 5.82 Å². The maximum atomic E-state index is 13.8. The van der Waals surface area contributed by atoms with Crippen molar-refractivity contribution in [1.82, 2.24) is 0 Å². The normalized spacial score (nSPS) is 15.5. The molecule has 0 atom stereocenters. The molecule has 0 N–H and O–H groups in total. The number of aliphatic imine (C=N–C) groups is 1. The van der Waals surface area contributed by atoms with E-state index in [0.29, 0.717) is 15.8 Å². The molecule has 1 aliphatic rings. The van der Waals surface area contributed by atoms with Gasteiger partial charge in [0.15, 0.2) is 5.70 Å². The topological polar surface area (TPSA) is 47.9 Å². The Labute approximate surface area is 140 Å². The smallest absolute Gasteiger partial charge is 0.363 e. The van der Waals surface area contributed by atoms with E-state index in [1.807, 2.05) is 0 Å². The highest BCUT2D eigenvalue weighted by Gasteiger charge is 2.24. The summed E-state index contributed by atoms with van der Waals surface area (Å²) in [6.07, 6.45) is 1.36. The molecule has 0 radical (unpaired) electrons. The van der Waals surface area contributed by atoms with Crippen LogP contribution in [0.15, 0.2) is 57.6 Å². The number of methoxy groups -OCH3 is 1. The van der Waals surface area contributed by atoms with Crippen molar-refractivity contribution in [3.63, 3.8) is 0 Å². The lowest BCUT2D eigenvalue weighted by Gasteiger charge is -2.02. The molecular formula is C17H11BrFNO3. The third-order valence-electron chi connectivity index (χ3n) is 3.19. The zero-order valence-electron chi connectivity index (χ0n) is 12.0. The predicted octanol–water partition coefficient (Wildman–Crippen LogP) is 3.94. The van der Waals surface area contributed by atoms with Crippen molar-refractivity contribution in [2.75, 3.05) is 7.11 Å². The van der Waals surface area contributed by atoms with Crippen molar-refractivity contribution in [2.24, 2.45) is 4.99 Å². The summed E-state index contributed by atoms with van der Waals surface area (Å²) in [5.74, 6) is -0.284. The quantitative estimate of drug-likeness (QED) is 0.602. The number of halogens is 2. The van der Waals surface area contributed by atoms with Crippen molar-refractivity contribution < 1.29 is 18.7 Å². The number of hydrogen-bond acceptors (Lipinski definition) is 4. The number of benzene rings is 2. The first kappa shape index (κ1) is 15.4. The number of esters is 1. The molecule has 3 rings (SSSR count). The highest BCUT2D eigenvalue weighted by atomic mass is 79.9. The SMILES string of the molecule is COc1cccc(C2=N/C(=C\c3cc(Br)ccc3F)C(=O)O2)c1. The second-order valence-corrected chi connectivity index (χ2v) is 5.65. The van der Waals surface area contributed by atoms with Crippen LogP contribution in [0.2, 0.25) is 0 Å². The van der Waals surface area contributed by atoms with Gasteiger partial charge in [-0.05, 0) is 42.5 Å². The summed E-state index contributed by atoms with van der Waals surface area (Å²) in [6.45, 7) is 0. The van der Waals surface area contributed by atoms with Crippen LogP contribution in [0.25, 0.3) is 6.08 Å². The lowest BCUT2D eigenvalue weighted by atomic mass is 10.2. The summed E-state index contributed by atoms with van der Waals surface area (Å²) in [5.41, 5.74) is 0.901. The molecule has 0 saturated heterocycles. The Balaban J connectivity index is 1.98. The van der Waals surface area contributed by atoms with E-state index >= 15 is 0 Å². The minimum Gasteiger partial charge on any atom is -0.497 e. The average molecular weight is 376 g/mol. The summed E-state index contributed by atoms with van der Waals surface area (Å²) >= 11 is 3.26. The summed E-state index contributed by atoms with van der Waals surface area (Å²) < 4.78 is 24.8. The Hall–Kier alpha value is -2.47. The van der Waals surface area contributed by atoms with Gasteiger partial charge >= 0.3 is 5.97 Å². The molecule has 6 heteroatoms. The molecule has 0 spiro atoms. The summed E-state index contributed by atoms with van der Waals surface area (Å²) in [6, 6.07) is 11.4. The van der Waals surface area contributed by atoms with Crippen molar-refractivity contribution in [1.29, 1.82) is 0 Å². The van der Waals surface area contributed by atoms with Crippen LogP contribution in [0.1, 0.15) is 11.1 Å². The molecule has 23 heavy (non-hydrogen) atoms. The Bertz CT molecular complexity index is 845. The van der Waals surface area contributed by atoms with E-state index in [1.54, 1.807) is 43.5 Å².